The number of carboxylic acids is 1. The molecule has 1 fully saturated rings. The predicted molar refractivity (Wildman–Crippen MR) is 128 cm³/mol. The largest absolute Gasteiger partial charge is 0.481 e. The molecular weight excluding hydrogens is 464 g/mol. The van der Waals surface area contributed by atoms with Crippen molar-refractivity contribution in [3.05, 3.63) is 69.7 Å². The summed E-state index contributed by atoms with van der Waals surface area (Å²) in [5, 5.41) is 9.46. The van der Waals surface area contributed by atoms with Crippen LogP contribution < -0.4 is 0 Å². The summed E-state index contributed by atoms with van der Waals surface area (Å²) >= 11 is 6.10. The van der Waals surface area contributed by atoms with Crippen LogP contribution in [0.3, 0.4) is 0 Å². The molecular formula is C24H29ClN2O5S. The number of carboxylic acid groups (broad SMARTS) is 1. The van der Waals surface area contributed by atoms with E-state index in [2.05, 4.69) is 0 Å². The molecule has 1 aliphatic heterocycles. The van der Waals surface area contributed by atoms with Gasteiger partial charge in [0.05, 0.1) is 12.2 Å². The van der Waals surface area contributed by atoms with E-state index in [-0.39, 0.29) is 37.1 Å². The normalized spacial score (nSPS) is 17.2. The number of amides is 1. The highest BCUT2D eigenvalue weighted by atomic mass is 35.5. The first-order valence-corrected chi connectivity index (χ1v) is 12.9. The number of nitrogens with zero attached hydrogens (tertiary/aromatic N) is 2. The molecule has 2 aromatic carbocycles. The number of carbonyl (C=O) groups excluding carboxylic acids is 1. The fraction of sp³-hybridized carbons (Fsp3) is 0.417. The van der Waals surface area contributed by atoms with E-state index < -0.39 is 16.0 Å². The summed E-state index contributed by atoms with van der Waals surface area (Å²) in [6, 6.07) is 12.2. The summed E-state index contributed by atoms with van der Waals surface area (Å²) in [5.74, 6) is -1.10. The maximum absolute atomic E-state index is 13.0. The van der Waals surface area contributed by atoms with Gasteiger partial charge in [-0.05, 0) is 49.1 Å². The number of piperazine rings is 1. The van der Waals surface area contributed by atoms with Crippen LogP contribution in [0.2, 0.25) is 5.02 Å². The molecule has 1 atom stereocenters. The molecule has 178 valence electrons. The maximum atomic E-state index is 13.0. The number of rotatable bonds is 8. The van der Waals surface area contributed by atoms with Crippen molar-refractivity contribution in [2.24, 2.45) is 0 Å². The lowest BCUT2D eigenvalue weighted by molar-refractivity contribution is -0.137. The van der Waals surface area contributed by atoms with Crippen LogP contribution >= 0.6 is 11.6 Å². The first kappa shape index (κ1) is 25.2. The van der Waals surface area contributed by atoms with Gasteiger partial charge in [0.1, 0.15) is 0 Å². The van der Waals surface area contributed by atoms with Crippen LogP contribution in [0.15, 0.2) is 42.5 Å². The summed E-state index contributed by atoms with van der Waals surface area (Å²) in [4.78, 5) is 25.6. The number of benzene rings is 2. The van der Waals surface area contributed by atoms with Gasteiger partial charge in [0, 0.05) is 37.1 Å². The standard InChI is InChI=1S/C24H29ClN2O5S/c1-17-4-3-5-19(12-17)16-33(31,32)27-11-10-26(15-18(27)2)23(28)14-21-13-22(25)8-6-20(21)7-9-24(29)30/h3-6,8,12-13,18H,7,9-11,14-16H2,1-2H3,(H,29,30)/t18-/m0/s1. The lowest BCUT2D eigenvalue weighted by Crippen LogP contribution is -2.55. The number of halogens is 1. The van der Waals surface area contributed by atoms with E-state index in [1.165, 1.54) is 4.31 Å². The highest BCUT2D eigenvalue weighted by Gasteiger charge is 2.34. The van der Waals surface area contributed by atoms with Crippen LogP contribution in [0.4, 0.5) is 0 Å². The van der Waals surface area contributed by atoms with Crippen molar-refractivity contribution in [3.63, 3.8) is 0 Å². The van der Waals surface area contributed by atoms with Gasteiger partial charge in [0.15, 0.2) is 0 Å². The Morgan fingerprint density at radius 1 is 1.12 bits per heavy atom. The molecule has 2 aromatic rings. The SMILES string of the molecule is Cc1cccc(CS(=O)(=O)N2CCN(C(=O)Cc3cc(Cl)ccc3CCC(=O)O)C[C@@H]2C)c1. The Hall–Kier alpha value is -2.42. The second-order valence-electron chi connectivity index (χ2n) is 8.53. The molecule has 0 aliphatic carbocycles. The lowest BCUT2D eigenvalue weighted by atomic mass is 9.99. The monoisotopic (exact) mass is 492 g/mol. The molecule has 0 unspecified atom stereocenters. The van der Waals surface area contributed by atoms with Gasteiger partial charge in [-0.2, -0.15) is 4.31 Å². The van der Waals surface area contributed by atoms with Crippen molar-refractivity contribution in [1.82, 2.24) is 9.21 Å². The van der Waals surface area contributed by atoms with E-state index in [1.807, 2.05) is 38.1 Å². The summed E-state index contributed by atoms with van der Waals surface area (Å²) in [5.41, 5.74) is 3.24. The molecule has 1 N–H and O–H groups in total. The first-order valence-electron chi connectivity index (χ1n) is 10.9. The number of aryl methyl sites for hydroxylation is 2. The third kappa shape index (κ3) is 6.79. The van der Waals surface area contributed by atoms with E-state index in [0.29, 0.717) is 30.1 Å². The van der Waals surface area contributed by atoms with Gasteiger partial charge >= 0.3 is 5.97 Å². The van der Waals surface area contributed by atoms with Crippen molar-refractivity contribution in [3.8, 4) is 0 Å². The second-order valence-corrected chi connectivity index (χ2v) is 10.9. The smallest absolute Gasteiger partial charge is 0.303 e. The molecule has 1 amide bonds. The number of sulfonamides is 1. The van der Waals surface area contributed by atoms with Crippen molar-refractivity contribution in [1.29, 1.82) is 0 Å². The molecule has 0 saturated carbocycles. The van der Waals surface area contributed by atoms with Crippen LogP contribution in [0, 0.1) is 6.92 Å². The van der Waals surface area contributed by atoms with Gasteiger partial charge in [0.2, 0.25) is 15.9 Å². The minimum atomic E-state index is -3.52. The Morgan fingerprint density at radius 3 is 2.55 bits per heavy atom. The molecule has 33 heavy (non-hydrogen) atoms. The first-order chi connectivity index (χ1) is 15.5. The van der Waals surface area contributed by atoms with Crippen molar-refractivity contribution >= 4 is 33.5 Å². The zero-order chi connectivity index (χ0) is 24.2. The topological polar surface area (TPSA) is 95.0 Å². The average molecular weight is 493 g/mol. The van der Waals surface area contributed by atoms with Gasteiger partial charge in [-0.3, -0.25) is 9.59 Å². The van der Waals surface area contributed by atoms with Crippen LogP contribution in [-0.2, 0) is 38.2 Å². The predicted octanol–water partition coefficient (Wildman–Crippen LogP) is 3.27. The van der Waals surface area contributed by atoms with Crippen LogP contribution in [0.25, 0.3) is 0 Å². The Kier molecular flexibility index (Phi) is 8.15. The van der Waals surface area contributed by atoms with E-state index in [9.17, 15) is 18.0 Å². The maximum Gasteiger partial charge on any atom is 0.303 e. The number of hydrogen-bond donors (Lipinski definition) is 1. The molecule has 9 heteroatoms. The minimum absolute atomic E-state index is 0.0304. The Bertz CT molecular complexity index is 1140. The molecule has 0 aromatic heterocycles. The highest BCUT2D eigenvalue weighted by Crippen LogP contribution is 2.22. The Balaban J connectivity index is 1.65. The van der Waals surface area contributed by atoms with Crippen molar-refractivity contribution in [2.45, 2.75) is 44.9 Å². The van der Waals surface area contributed by atoms with E-state index in [1.54, 1.807) is 23.1 Å². The zero-order valence-corrected chi connectivity index (χ0v) is 20.4. The minimum Gasteiger partial charge on any atom is -0.481 e. The molecule has 1 aliphatic rings. The summed E-state index contributed by atoms with van der Waals surface area (Å²) in [6.07, 6.45) is 0.381. The number of hydrogen-bond acceptors (Lipinski definition) is 4. The second kappa shape index (κ2) is 10.7. The van der Waals surface area contributed by atoms with Crippen LogP contribution in [-0.4, -0.2) is 60.3 Å². The molecule has 3 rings (SSSR count). The van der Waals surface area contributed by atoms with E-state index >= 15 is 0 Å². The number of aliphatic carboxylic acids is 1. The Labute approximate surface area is 200 Å². The third-order valence-electron chi connectivity index (χ3n) is 5.83. The van der Waals surface area contributed by atoms with Crippen LogP contribution in [0.1, 0.15) is 35.6 Å². The molecule has 1 saturated heterocycles. The summed E-state index contributed by atoms with van der Waals surface area (Å²) in [6.45, 7) is 4.58. The highest BCUT2D eigenvalue weighted by molar-refractivity contribution is 7.88. The zero-order valence-electron chi connectivity index (χ0n) is 18.8. The van der Waals surface area contributed by atoms with E-state index in [4.69, 9.17) is 16.7 Å². The molecule has 0 bridgehead atoms. The molecule has 1 heterocycles. The quantitative estimate of drug-likeness (QED) is 0.610. The fourth-order valence-corrected chi connectivity index (χ4v) is 6.13. The Morgan fingerprint density at radius 2 is 1.88 bits per heavy atom. The lowest BCUT2D eigenvalue weighted by Gasteiger charge is -2.39. The van der Waals surface area contributed by atoms with Crippen LogP contribution in [0.5, 0.6) is 0 Å². The van der Waals surface area contributed by atoms with Gasteiger partial charge < -0.3 is 10.0 Å². The molecule has 7 nitrogen and oxygen atoms in total. The number of carbonyl (C=O) groups is 2. The average Bonchev–Trinajstić information content (AvgIpc) is 2.72. The van der Waals surface area contributed by atoms with Gasteiger partial charge in [-0.15, -0.1) is 0 Å². The third-order valence-corrected chi connectivity index (χ3v) is 8.02. The summed E-state index contributed by atoms with van der Waals surface area (Å²) in [7, 11) is -3.52. The molecule has 0 radical (unpaired) electrons. The summed E-state index contributed by atoms with van der Waals surface area (Å²) < 4.78 is 27.5. The van der Waals surface area contributed by atoms with Gasteiger partial charge in [-0.1, -0.05) is 47.5 Å². The van der Waals surface area contributed by atoms with Gasteiger partial charge in [-0.25, -0.2) is 8.42 Å². The van der Waals surface area contributed by atoms with Crippen molar-refractivity contribution in [2.75, 3.05) is 19.6 Å². The fourth-order valence-electron chi connectivity index (χ4n) is 4.20. The van der Waals surface area contributed by atoms with E-state index in [0.717, 1.165) is 16.7 Å². The van der Waals surface area contributed by atoms with Gasteiger partial charge in [0.25, 0.3) is 0 Å². The molecule has 0 spiro atoms. The van der Waals surface area contributed by atoms with Crippen molar-refractivity contribution < 1.29 is 23.1 Å².